The number of benzene rings is 3. The van der Waals surface area contributed by atoms with Crippen LogP contribution in [0.1, 0.15) is 16.7 Å². The first-order valence-corrected chi connectivity index (χ1v) is 13.9. The van der Waals surface area contributed by atoms with Crippen molar-refractivity contribution in [3.63, 3.8) is 0 Å². The maximum absolute atomic E-state index is 12.9. The van der Waals surface area contributed by atoms with Gasteiger partial charge in [-0.15, -0.1) is 0 Å². The number of nitrogens with one attached hydrogen (secondary N) is 1. The van der Waals surface area contributed by atoms with Crippen LogP contribution in [0.2, 0.25) is 10.0 Å². The van der Waals surface area contributed by atoms with Gasteiger partial charge in [0.15, 0.2) is 6.61 Å². The minimum atomic E-state index is -0.415. The fraction of sp³-hybridized carbons (Fsp3) is 0.115. The second-order valence-corrected chi connectivity index (χ2v) is 11.6. The van der Waals surface area contributed by atoms with Gasteiger partial charge in [-0.25, -0.2) is 0 Å². The molecule has 4 rings (SSSR count). The number of imide groups is 1. The lowest BCUT2D eigenvalue weighted by atomic mass is 10.2. The molecule has 1 aliphatic rings. The number of amides is 3. The predicted octanol–water partition coefficient (Wildman–Crippen LogP) is 8.08. The molecule has 1 fully saturated rings. The first kappa shape index (κ1) is 27.7. The van der Waals surface area contributed by atoms with E-state index in [1.807, 2.05) is 25.1 Å². The highest BCUT2D eigenvalue weighted by Crippen LogP contribution is 2.38. The van der Waals surface area contributed by atoms with Crippen molar-refractivity contribution in [2.45, 2.75) is 13.5 Å². The van der Waals surface area contributed by atoms with Gasteiger partial charge in [-0.3, -0.25) is 19.3 Å². The zero-order valence-electron chi connectivity index (χ0n) is 19.2. The van der Waals surface area contributed by atoms with E-state index in [0.717, 1.165) is 22.2 Å². The van der Waals surface area contributed by atoms with Crippen LogP contribution in [0, 0.1) is 6.92 Å². The normalized spacial score (nSPS) is 14.4. The number of halogens is 4. The van der Waals surface area contributed by atoms with Gasteiger partial charge in [0, 0.05) is 15.7 Å². The third-order valence-corrected chi connectivity index (χ3v) is 7.86. The van der Waals surface area contributed by atoms with E-state index >= 15 is 0 Å². The molecule has 1 N–H and O–H groups in total. The van der Waals surface area contributed by atoms with Crippen LogP contribution in [-0.4, -0.2) is 28.6 Å². The van der Waals surface area contributed by atoms with E-state index in [1.165, 1.54) is 0 Å². The summed E-state index contributed by atoms with van der Waals surface area (Å²) >= 11 is 19.9. The zero-order valence-corrected chi connectivity index (χ0v) is 24.7. The number of thioether (sulfide) groups is 1. The summed E-state index contributed by atoms with van der Waals surface area (Å²) in [6.45, 7) is 1.79. The van der Waals surface area contributed by atoms with Crippen molar-refractivity contribution < 1.29 is 19.1 Å². The number of ether oxygens (including phenoxy) is 1. The number of rotatable bonds is 7. The number of nitrogens with zero attached hydrogens (tertiary/aromatic N) is 1. The molecule has 6 nitrogen and oxygen atoms in total. The van der Waals surface area contributed by atoms with Crippen LogP contribution >= 0.6 is 66.8 Å². The Morgan fingerprint density at radius 1 is 1.08 bits per heavy atom. The lowest BCUT2D eigenvalue weighted by Gasteiger charge is -2.14. The Morgan fingerprint density at radius 3 is 2.49 bits per heavy atom. The van der Waals surface area contributed by atoms with Gasteiger partial charge in [-0.1, -0.05) is 41.4 Å². The van der Waals surface area contributed by atoms with Crippen LogP contribution < -0.4 is 10.1 Å². The molecular formula is C26H18Br2Cl2N2O4S. The lowest BCUT2D eigenvalue weighted by Crippen LogP contribution is -2.27. The largest absolute Gasteiger partial charge is 0.481 e. The smallest absolute Gasteiger partial charge is 0.293 e. The molecule has 0 radical (unpaired) electrons. The summed E-state index contributed by atoms with van der Waals surface area (Å²) in [6, 6.07) is 15.9. The summed E-state index contributed by atoms with van der Waals surface area (Å²) in [5.41, 5.74) is 3.00. The molecule has 1 saturated heterocycles. The Morgan fingerprint density at radius 2 is 1.81 bits per heavy atom. The van der Waals surface area contributed by atoms with Gasteiger partial charge in [-0.05, 0) is 110 Å². The molecule has 0 aliphatic carbocycles. The summed E-state index contributed by atoms with van der Waals surface area (Å²) in [4.78, 5) is 39.2. The molecule has 0 spiro atoms. The van der Waals surface area contributed by atoms with E-state index in [0.29, 0.717) is 41.6 Å². The molecule has 190 valence electrons. The van der Waals surface area contributed by atoms with Gasteiger partial charge >= 0.3 is 0 Å². The second-order valence-electron chi connectivity index (χ2n) is 8.02. The SMILES string of the molecule is Cc1cccc(NC(=O)COc2c(Br)cc(/C=C3\SC(=O)N(Cc4ccc(Cl)cc4Cl)C3=O)cc2Br)c1. The molecule has 0 aromatic heterocycles. The quantitative estimate of drug-likeness (QED) is 0.255. The Kier molecular flexibility index (Phi) is 9.03. The van der Waals surface area contributed by atoms with Crippen molar-refractivity contribution in [2.24, 2.45) is 0 Å². The van der Waals surface area contributed by atoms with E-state index in [9.17, 15) is 14.4 Å². The first-order chi connectivity index (χ1) is 17.6. The van der Waals surface area contributed by atoms with E-state index in [4.69, 9.17) is 27.9 Å². The van der Waals surface area contributed by atoms with E-state index in [-0.39, 0.29) is 29.2 Å². The van der Waals surface area contributed by atoms with Gasteiger partial charge in [0.05, 0.1) is 20.4 Å². The number of carbonyl (C=O) groups excluding carboxylic acids is 3. The molecular weight excluding hydrogens is 667 g/mol. The number of anilines is 1. The third kappa shape index (κ3) is 6.97. The van der Waals surface area contributed by atoms with Gasteiger partial charge in [0.25, 0.3) is 17.1 Å². The van der Waals surface area contributed by atoms with Crippen molar-refractivity contribution in [3.8, 4) is 5.75 Å². The van der Waals surface area contributed by atoms with Crippen LogP contribution in [-0.2, 0) is 16.1 Å². The Balaban J connectivity index is 1.44. The van der Waals surface area contributed by atoms with Crippen molar-refractivity contribution in [2.75, 3.05) is 11.9 Å². The van der Waals surface area contributed by atoms with E-state index in [1.54, 1.807) is 42.5 Å². The third-order valence-electron chi connectivity index (χ3n) is 5.18. The molecule has 3 aromatic rings. The van der Waals surface area contributed by atoms with Crippen molar-refractivity contribution in [1.29, 1.82) is 0 Å². The molecule has 0 unspecified atom stereocenters. The minimum absolute atomic E-state index is 0.0444. The van der Waals surface area contributed by atoms with Crippen LogP contribution in [0.25, 0.3) is 6.08 Å². The van der Waals surface area contributed by atoms with E-state index in [2.05, 4.69) is 37.2 Å². The first-order valence-electron chi connectivity index (χ1n) is 10.8. The summed E-state index contributed by atoms with van der Waals surface area (Å²) < 4.78 is 6.86. The van der Waals surface area contributed by atoms with Crippen LogP contribution in [0.15, 0.2) is 68.4 Å². The Labute approximate surface area is 244 Å². The van der Waals surface area contributed by atoms with Gasteiger partial charge in [0.1, 0.15) is 5.75 Å². The minimum Gasteiger partial charge on any atom is -0.481 e. The maximum atomic E-state index is 12.9. The molecule has 1 heterocycles. The van der Waals surface area contributed by atoms with Crippen LogP contribution in [0.5, 0.6) is 5.75 Å². The average molecular weight is 685 g/mol. The standard InChI is InChI=1S/C26H18Br2Cl2N2O4S/c1-14-3-2-4-18(7-14)31-23(33)13-36-24-19(27)8-15(9-20(24)28)10-22-25(34)32(26(35)37-22)12-16-5-6-17(29)11-21(16)30/h2-11H,12-13H2,1H3,(H,31,33)/b22-10-. The number of aryl methyl sites for hydroxylation is 1. The molecule has 3 aromatic carbocycles. The van der Waals surface area contributed by atoms with E-state index < -0.39 is 5.91 Å². The molecule has 37 heavy (non-hydrogen) atoms. The number of hydrogen-bond donors (Lipinski definition) is 1. The summed E-state index contributed by atoms with van der Waals surface area (Å²) in [6.07, 6.45) is 1.62. The predicted molar refractivity (Wildman–Crippen MR) is 155 cm³/mol. The number of carbonyl (C=O) groups is 3. The average Bonchev–Trinajstić information content (AvgIpc) is 3.07. The van der Waals surface area contributed by atoms with Gasteiger partial charge < -0.3 is 10.1 Å². The second kappa shape index (κ2) is 12.0. The topological polar surface area (TPSA) is 75.7 Å². The molecule has 0 saturated carbocycles. The molecule has 3 amide bonds. The van der Waals surface area contributed by atoms with Gasteiger partial charge in [-0.2, -0.15) is 0 Å². The fourth-order valence-corrected chi connectivity index (χ4v) is 6.22. The highest BCUT2D eigenvalue weighted by atomic mass is 79.9. The Hall–Kier alpha value is -2.30. The van der Waals surface area contributed by atoms with Gasteiger partial charge in [0.2, 0.25) is 0 Å². The van der Waals surface area contributed by atoms with Crippen molar-refractivity contribution >= 4 is 95.6 Å². The summed E-state index contributed by atoms with van der Waals surface area (Å²) in [7, 11) is 0. The Bertz CT molecular complexity index is 1420. The summed E-state index contributed by atoms with van der Waals surface area (Å²) in [5, 5.41) is 3.26. The monoisotopic (exact) mass is 682 g/mol. The molecule has 1 aliphatic heterocycles. The highest BCUT2D eigenvalue weighted by Gasteiger charge is 2.35. The molecule has 0 bridgehead atoms. The van der Waals surface area contributed by atoms with Crippen molar-refractivity contribution in [3.05, 3.63) is 95.2 Å². The lowest BCUT2D eigenvalue weighted by molar-refractivity contribution is -0.123. The zero-order chi connectivity index (χ0) is 26.7. The van der Waals surface area contributed by atoms with Crippen LogP contribution in [0.4, 0.5) is 10.5 Å². The maximum Gasteiger partial charge on any atom is 0.293 e. The van der Waals surface area contributed by atoms with Crippen molar-refractivity contribution in [1.82, 2.24) is 4.90 Å². The molecule has 0 atom stereocenters. The molecule has 11 heteroatoms. The summed E-state index contributed by atoms with van der Waals surface area (Å²) in [5.74, 6) is -0.286. The highest BCUT2D eigenvalue weighted by molar-refractivity contribution is 9.11. The fourth-order valence-electron chi connectivity index (χ4n) is 3.47. The number of hydrogen-bond acceptors (Lipinski definition) is 5. The van der Waals surface area contributed by atoms with Crippen LogP contribution in [0.3, 0.4) is 0 Å².